The Morgan fingerprint density at radius 2 is 1.83 bits per heavy atom. The SMILES string of the molecule is CC(=O)c1ccc(S(=O)(=O)NCCc2nc3ccccc3s2)cc1. The molecule has 0 saturated heterocycles. The molecule has 0 spiro atoms. The molecule has 124 valence electrons. The lowest BCUT2D eigenvalue weighted by molar-refractivity contribution is 0.101. The minimum absolute atomic E-state index is 0.0947. The first-order chi connectivity index (χ1) is 11.5. The highest BCUT2D eigenvalue weighted by atomic mass is 32.2. The molecule has 0 aliphatic heterocycles. The first kappa shape index (κ1) is 16.8. The van der Waals surface area contributed by atoms with Crippen LogP contribution in [-0.2, 0) is 16.4 Å². The molecule has 5 nitrogen and oxygen atoms in total. The zero-order valence-corrected chi connectivity index (χ0v) is 14.7. The number of rotatable bonds is 6. The molecule has 7 heteroatoms. The number of carbonyl (C=O) groups is 1. The van der Waals surface area contributed by atoms with Crippen LogP contribution in [0.5, 0.6) is 0 Å². The van der Waals surface area contributed by atoms with Crippen molar-refractivity contribution in [3.05, 3.63) is 59.1 Å². The predicted molar refractivity (Wildman–Crippen MR) is 95.0 cm³/mol. The van der Waals surface area contributed by atoms with Crippen molar-refractivity contribution in [1.29, 1.82) is 0 Å². The van der Waals surface area contributed by atoms with Gasteiger partial charge in [-0.15, -0.1) is 11.3 Å². The molecule has 0 fully saturated rings. The first-order valence-electron chi connectivity index (χ1n) is 7.41. The molecule has 0 radical (unpaired) electrons. The average Bonchev–Trinajstić information content (AvgIpc) is 2.97. The second kappa shape index (κ2) is 6.80. The molecule has 0 aliphatic rings. The Bertz CT molecular complexity index is 943. The minimum Gasteiger partial charge on any atom is -0.295 e. The standard InChI is InChI=1S/C17H16N2O3S2/c1-12(20)13-6-8-14(9-7-13)24(21,22)18-11-10-17-19-15-4-2-3-5-16(15)23-17/h2-9,18H,10-11H2,1H3. The highest BCUT2D eigenvalue weighted by Crippen LogP contribution is 2.21. The van der Waals surface area contributed by atoms with Crippen molar-refractivity contribution < 1.29 is 13.2 Å². The lowest BCUT2D eigenvalue weighted by Crippen LogP contribution is -2.26. The largest absolute Gasteiger partial charge is 0.295 e. The summed E-state index contributed by atoms with van der Waals surface area (Å²) in [5.41, 5.74) is 1.42. The molecule has 1 heterocycles. The summed E-state index contributed by atoms with van der Waals surface area (Å²) < 4.78 is 28.2. The Hall–Kier alpha value is -2.09. The van der Waals surface area contributed by atoms with E-state index in [4.69, 9.17) is 0 Å². The fourth-order valence-electron chi connectivity index (χ4n) is 2.27. The van der Waals surface area contributed by atoms with Crippen LogP contribution in [0.1, 0.15) is 22.3 Å². The number of carbonyl (C=O) groups excluding carboxylic acids is 1. The lowest BCUT2D eigenvalue weighted by atomic mass is 10.2. The number of ketones is 1. The van der Waals surface area contributed by atoms with Crippen LogP contribution in [0, 0.1) is 0 Å². The van der Waals surface area contributed by atoms with E-state index in [9.17, 15) is 13.2 Å². The summed E-state index contributed by atoms with van der Waals surface area (Å²) in [4.78, 5) is 15.9. The molecule has 0 atom stereocenters. The zero-order valence-electron chi connectivity index (χ0n) is 13.0. The number of thiazole rings is 1. The molecule has 0 saturated carbocycles. The molecule has 0 bridgehead atoms. The van der Waals surface area contributed by atoms with Crippen LogP contribution in [0.25, 0.3) is 10.2 Å². The molecule has 0 unspecified atom stereocenters. The second-order valence-corrected chi connectivity index (χ2v) is 8.19. The average molecular weight is 360 g/mol. The van der Waals surface area contributed by atoms with Crippen molar-refractivity contribution in [2.24, 2.45) is 0 Å². The number of Topliss-reactive ketones (excluding diaryl/α,β-unsaturated/α-hetero) is 1. The summed E-state index contributed by atoms with van der Waals surface area (Å²) in [5, 5.41) is 0.894. The van der Waals surface area contributed by atoms with Crippen LogP contribution in [0.4, 0.5) is 0 Å². The van der Waals surface area contributed by atoms with Gasteiger partial charge in [-0.3, -0.25) is 4.79 Å². The van der Waals surface area contributed by atoms with E-state index < -0.39 is 10.0 Å². The summed E-state index contributed by atoms with van der Waals surface area (Å²) in [6, 6.07) is 13.7. The molecular formula is C17H16N2O3S2. The van der Waals surface area contributed by atoms with Crippen LogP contribution in [0.15, 0.2) is 53.4 Å². The summed E-state index contributed by atoms with van der Waals surface area (Å²) in [6.07, 6.45) is 0.532. The van der Waals surface area contributed by atoms with Gasteiger partial charge < -0.3 is 0 Å². The van der Waals surface area contributed by atoms with Crippen molar-refractivity contribution in [1.82, 2.24) is 9.71 Å². The third-order valence-corrected chi connectivity index (χ3v) is 6.11. The maximum absolute atomic E-state index is 12.3. The predicted octanol–water partition coefficient (Wildman–Crippen LogP) is 3.02. The number of hydrogen-bond donors (Lipinski definition) is 1. The van der Waals surface area contributed by atoms with Gasteiger partial charge in [-0.2, -0.15) is 0 Å². The number of hydrogen-bond acceptors (Lipinski definition) is 5. The van der Waals surface area contributed by atoms with E-state index in [0.717, 1.165) is 15.2 Å². The lowest BCUT2D eigenvalue weighted by Gasteiger charge is -2.06. The van der Waals surface area contributed by atoms with Crippen LogP contribution in [-0.4, -0.2) is 25.7 Å². The van der Waals surface area contributed by atoms with Gasteiger partial charge in [0.2, 0.25) is 10.0 Å². The Labute approximate surface area is 144 Å². The Morgan fingerprint density at radius 1 is 1.12 bits per heavy atom. The quantitative estimate of drug-likeness (QED) is 0.686. The van der Waals surface area contributed by atoms with E-state index in [1.807, 2.05) is 24.3 Å². The topological polar surface area (TPSA) is 76.1 Å². The number of para-hydroxylation sites is 1. The number of nitrogens with one attached hydrogen (secondary N) is 1. The van der Waals surface area contributed by atoms with Crippen molar-refractivity contribution in [3.63, 3.8) is 0 Å². The van der Waals surface area contributed by atoms with Gasteiger partial charge in [-0.1, -0.05) is 24.3 Å². The van der Waals surface area contributed by atoms with Gasteiger partial charge >= 0.3 is 0 Å². The van der Waals surface area contributed by atoms with Gasteiger partial charge in [-0.05, 0) is 31.2 Å². The van der Waals surface area contributed by atoms with Crippen LogP contribution < -0.4 is 4.72 Å². The highest BCUT2D eigenvalue weighted by molar-refractivity contribution is 7.89. The second-order valence-electron chi connectivity index (χ2n) is 5.30. The molecule has 2 aromatic carbocycles. The number of benzene rings is 2. The minimum atomic E-state index is -3.59. The Kier molecular flexibility index (Phi) is 4.75. The summed E-state index contributed by atoms with van der Waals surface area (Å²) in [5.74, 6) is -0.0947. The van der Waals surface area contributed by atoms with Gasteiger partial charge in [-0.25, -0.2) is 18.1 Å². The van der Waals surface area contributed by atoms with Gasteiger partial charge in [0.25, 0.3) is 0 Å². The maximum atomic E-state index is 12.3. The van der Waals surface area contributed by atoms with Crippen molar-refractivity contribution in [2.75, 3.05) is 6.54 Å². The maximum Gasteiger partial charge on any atom is 0.240 e. The molecule has 3 rings (SSSR count). The van der Waals surface area contributed by atoms with Crippen LogP contribution in [0.3, 0.4) is 0 Å². The molecule has 24 heavy (non-hydrogen) atoms. The van der Waals surface area contributed by atoms with E-state index in [1.54, 1.807) is 11.3 Å². The van der Waals surface area contributed by atoms with Gasteiger partial charge in [0.1, 0.15) is 0 Å². The molecule has 1 N–H and O–H groups in total. The Morgan fingerprint density at radius 3 is 2.50 bits per heavy atom. The first-order valence-corrected chi connectivity index (χ1v) is 9.71. The molecule has 0 aliphatic carbocycles. The fourth-order valence-corrected chi connectivity index (χ4v) is 4.27. The molecular weight excluding hydrogens is 344 g/mol. The van der Waals surface area contributed by atoms with Crippen LogP contribution >= 0.6 is 11.3 Å². The summed E-state index contributed by atoms with van der Waals surface area (Å²) >= 11 is 1.57. The van der Waals surface area contributed by atoms with Crippen LogP contribution in [0.2, 0.25) is 0 Å². The van der Waals surface area contributed by atoms with E-state index in [-0.39, 0.29) is 17.2 Å². The third kappa shape index (κ3) is 3.69. The number of nitrogens with zero attached hydrogens (tertiary/aromatic N) is 1. The fraction of sp³-hybridized carbons (Fsp3) is 0.176. The van der Waals surface area contributed by atoms with Gasteiger partial charge in [0, 0.05) is 18.5 Å². The monoisotopic (exact) mass is 360 g/mol. The molecule has 1 aromatic heterocycles. The van der Waals surface area contributed by atoms with E-state index in [1.165, 1.54) is 31.2 Å². The van der Waals surface area contributed by atoms with Crippen molar-refractivity contribution >= 4 is 37.4 Å². The molecule has 3 aromatic rings. The summed E-state index contributed by atoms with van der Waals surface area (Å²) in [6.45, 7) is 1.72. The van der Waals surface area contributed by atoms with Crippen molar-refractivity contribution in [3.8, 4) is 0 Å². The van der Waals surface area contributed by atoms with Gasteiger partial charge in [0.15, 0.2) is 5.78 Å². The third-order valence-electron chi connectivity index (χ3n) is 3.54. The molecule has 0 amide bonds. The normalized spacial score (nSPS) is 11.7. The van der Waals surface area contributed by atoms with E-state index in [0.29, 0.717) is 12.0 Å². The smallest absolute Gasteiger partial charge is 0.240 e. The van der Waals surface area contributed by atoms with Crippen molar-refractivity contribution in [2.45, 2.75) is 18.2 Å². The zero-order chi connectivity index (χ0) is 17.2. The van der Waals surface area contributed by atoms with E-state index >= 15 is 0 Å². The van der Waals surface area contributed by atoms with E-state index in [2.05, 4.69) is 9.71 Å². The number of fused-ring (bicyclic) bond motifs is 1. The Balaban J connectivity index is 1.65. The number of sulfonamides is 1. The number of aromatic nitrogens is 1. The highest BCUT2D eigenvalue weighted by Gasteiger charge is 2.14. The summed E-state index contributed by atoms with van der Waals surface area (Å²) in [7, 11) is -3.59. The van der Waals surface area contributed by atoms with Gasteiger partial charge in [0.05, 0.1) is 20.1 Å².